The van der Waals surface area contributed by atoms with Crippen molar-refractivity contribution in [2.75, 3.05) is 6.61 Å². The van der Waals surface area contributed by atoms with Crippen LogP contribution in [0.3, 0.4) is 0 Å². The molecule has 3 aromatic heterocycles. The molecule has 0 radical (unpaired) electrons. The minimum Gasteiger partial charge on any atom is -0.376 e. The van der Waals surface area contributed by atoms with E-state index in [-0.39, 0.29) is 11.7 Å². The van der Waals surface area contributed by atoms with Gasteiger partial charge in [0.2, 0.25) is 5.16 Å². The Morgan fingerprint density at radius 3 is 3.16 bits per heavy atom. The van der Waals surface area contributed by atoms with Gasteiger partial charge in [-0.25, -0.2) is 9.67 Å². The third-order valence-electron chi connectivity index (χ3n) is 4.11. The summed E-state index contributed by atoms with van der Waals surface area (Å²) in [6.07, 6.45) is 4.09. The molecule has 130 valence electrons. The van der Waals surface area contributed by atoms with E-state index in [9.17, 15) is 4.79 Å². The van der Waals surface area contributed by atoms with E-state index in [4.69, 9.17) is 4.74 Å². The molecule has 1 aliphatic rings. The maximum absolute atomic E-state index is 12.3. The molecule has 3 aromatic rings. The summed E-state index contributed by atoms with van der Waals surface area (Å²) in [6.45, 7) is 3.41. The molecule has 0 aromatic carbocycles. The van der Waals surface area contributed by atoms with Gasteiger partial charge in [-0.05, 0) is 41.8 Å². The average Bonchev–Trinajstić information content (AvgIpc) is 3.26. The Kier molecular flexibility index (Phi) is 4.50. The first kappa shape index (κ1) is 16.2. The maximum Gasteiger partial charge on any atom is 0.258 e. The molecule has 0 saturated carbocycles. The van der Waals surface area contributed by atoms with Gasteiger partial charge in [0.05, 0.1) is 18.3 Å². The van der Waals surface area contributed by atoms with Crippen molar-refractivity contribution in [2.24, 2.45) is 0 Å². The number of pyridine rings is 1. The zero-order valence-corrected chi connectivity index (χ0v) is 14.6. The molecule has 25 heavy (non-hydrogen) atoms. The number of tetrazole rings is 1. The lowest BCUT2D eigenvalue weighted by molar-refractivity contribution is 0.0912. The summed E-state index contributed by atoms with van der Waals surface area (Å²) < 4.78 is 8.96. The monoisotopic (exact) mass is 358 g/mol. The smallest absolute Gasteiger partial charge is 0.258 e. The van der Waals surface area contributed by atoms with Gasteiger partial charge in [-0.2, -0.15) is 0 Å². The molecular formula is C16H18N6O2S. The highest BCUT2D eigenvalue weighted by molar-refractivity contribution is 7.98. The van der Waals surface area contributed by atoms with Crippen LogP contribution in [-0.4, -0.2) is 42.3 Å². The minimum atomic E-state index is -0.0803. The van der Waals surface area contributed by atoms with E-state index in [1.165, 1.54) is 11.8 Å². The van der Waals surface area contributed by atoms with Crippen molar-refractivity contribution < 1.29 is 4.74 Å². The number of aryl methyl sites for hydroxylation is 1. The van der Waals surface area contributed by atoms with Gasteiger partial charge in [0.1, 0.15) is 5.65 Å². The van der Waals surface area contributed by atoms with Crippen LogP contribution in [-0.2, 0) is 17.0 Å². The lowest BCUT2D eigenvalue weighted by Gasteiger charge is -2.10. The zero-order valence-electron chi connectivity index (χ0n) is 13.8. The van der Waals surface area contributed by atoms with E-state index in [1.54, 1.807) is 21.3 Å². The Hall–Kier alpha value is -2.26. The SMILES string of the molecule is Cc1ccc2nc(CSc3nnnn3C[C@H]3CCCO3)cc(=O)n2c1. The van der Waals surface area contributed by atoms with Crippen molar-refractivity contribution >= 4 is 17.4 Å². The number of rotatable bonds is 5. The van der Waals surface area contributed by atoms with Crippen molar-refractivity contribution in [1.29, 1.82) is 0 Å². The number of nitrogens with zero attached hydrogens (tertiary/aromatic N) is 6. The van der Waals surface area contributed by atoms with Gasteiger partial charge >= 0.3 is 0 Å². The van der Waals surface area contributed by atoms with Crippen LogP contribution in [0.2, 0.25) is 0 Å². The molecule has 9 heteroatoms. The molecule has 0 unspecified atom stereocenters. The van der Waals surface area contributed by atoms with Crippen LogP contribution in [0, 0.1) is 6.92 Å². The number of hydrogen-bond donors (Lipinski definition) is 0. The number of fused-ring (bicyclic) bond motifs is 1. The maximum atomic E-state index is 12.3. The fourth-order valence-corrected chi connectivity index (χ4v) is 3.65. The van der Waals surface area contributed by atoms with Gasteiger partial charge in [-0.15, -0.1) is 5.10 Å². The fourth-order valence-electron chi connectivity index (χ4n) is 2.87. The minimum absolute atomic E-state index is 0.0803. The lowest BCUT2D eigenvalue weighted by Crippen LogP contribution is -2.17. The third-order valence-corrected chi connectivity index (χ3v) is 5.10. The summed E-state index contributed by atoms with van der Waals surface area (Å²) in [5.41, 5.74) is 2.30. The van der Waals surface area contributed by atoms with Crippen molar-refractivity contribution in [3.8, 4) is 0 Å². The number of thioether (sulfide) groups is 1. The first-order valence-electron chi connectivity index (χ1n) is 8.18. The second kappa shape index (κ2) is 6.93. The van der Waals surface area contributed by atoms with Gasteiger partial charge < -0.3 is 4.74 Å². The normalized spacial score (nSPS) is 17.4. The Bertz CT molecular complexity index is 947. The molecule has 0 aliphatic carbocycles. The first-order chi connectivity index (χ1) is 12.2. The zero-order chi connectivity index (χ0) is 17.2. The van der Waals surface area contributed by atoms with E-state index >= 15 is 0 Å². The summed E-state index contributed by atoms with van der Waals surface area (Å²) in [7, 11) is 0. The Balaban J connectivity index is 1.50. The van der Waals surface area contributed by atoms with Crippen molar-refractivity contribution in [1.82, 2.24) is 29.6 Å². The molecule has 8 nitrogen and oxygen atoms in total. The second-order valence-electron chi connectivity index (χ2n) is 6.09. The first-order valence-corrected chi connectivity index (χ1v) is 9.17. The van der Waals surface area contributed by atoms with E-state index in [0.29, 0.717) is 28.8 Å². The highest BCUT2D eigenvalue weighted by Crippen LogP contribution is 2.21. The molecule has 0 amide bonds. The molecule has 4 heterocycles. The fraction of sp³-hybridized carbons (Fsp3) is 0.438. The van der Waals surface area contributed by atoms with E-state index < -0.39 is 0 Å². The predicted molar refractivity (Wildman–Crippen MR) is 92.6 cm³/mol. The lowest BCUT2D eigenvalue weighted by atomic mass is 10.2. The van der Waals surface area contributed by atoms with Crippen LogP contribution in [0.15, 0.2) is 34.3 Å². The quantitative estimate of drug-likeness (QED) is 0.638. The highest BCUT2D eigenvalue weighted by Gasteiger charge is 2.19. The molecule has 4 rings (SSSR count). The predicted octanol–water partition coefficient (Wildman–Crippen LogP) is 1.46. The molecule has 1 saturated heterocycles. The van der Waals surface area contributed by atoms with Gasteiger partial charge in [-0.3, -0.25) is 9.20 Å². The summed E-state index contributed by atoms with van der Waals surface area (Å²) in [4.78, 5) is 16.8. The standard InChI is InChI=1S/C16H18N6O2S/c1-11-4-5-14-17-12(7-15(23)21(14)8-11)10-25-16-18-19-20-22(16)9-13-3-2-6-24-13/h4-5,7-8,13H,2-3,6,9-10H2,1H3/t13-/m1/s1. The average molecular weight is 358 g/mol. The van der Waals surface area contributed by atoms with Gasteiger partial charge in [0.25, 0.3) is 5.56 Å². The van der Waals surface area contributed by atoms with Gasteiger partial charge in [0, 0.05) is 24.6 Å². The summed E-state index contributed by atoms with van der Waals surface area (Å²) in [6, 6.07) is 5.36. The Morgan fingerprint density at radius 2 is 2.32 bits per heavy atom. The largest absolute Gasteiger partial charge is 0.376 e. The van der Waals surface area contributed by atoms with E-state index in [2.05, 4.69) is 20.5 Å². The van der Waals surface area contributed by atoms with Gasteiger partial charge in [0.15, 0.2) is 0 Å². The number of hydrogen-bond acceptors (Lipinski definition) is 7. The third kappa shape index (κ3) is 3.57. The van der Waals surface area contributed by atoms with Crippen molar-refractivity contribution in [3.05, 3.63) is 46.0 Å². The second-order valence-corrected chi connectivity index (χ2v) is 7.03. The number of aromatic nitrogens is 6. The van der Waals surface area contributed by atoms with Crippen LogP contribution in [0.25, 0.3) is 5.65 Å². The van der Waals surface area contributed by atoms with Crippen LogP contribution in [0.5, 0.6) is 0 Å². The molecule has 1 aliphatic heterocycles. The summed E-state index contributed by atoms with van der Waals surface area (Å²) in [5, 5.41) is 12.6. The molecule has 0 spiro atoms. The van der Waals surface area contributed by atoms with Crippen LogP contribution < -0.4 is 5.56 Å². The van der Waals surface area contributed by atoms with Gasteiger partial charge in [-0.1, -0.05) is 17.8 Å². The highest BCUT2D eigenvalue weighted by atomic mass is 32.2. The molecule has 1 fully saturated rings. The van der Waals surface area contributed by atoms with Crippen LogP contribution >= 0.6 is 11.8 Å². The molecule has 0 N–H and O–H groups in total. The molecule has 0 bridgehead atoms. The molecule has 1 atom stereocenters. The number of ether oxygens (including phenoxy) is 1. The summed E-state index contributed by atoms with van der Waals surface area (Å²) >= 11 is 1.47. The van der Waals surface area contributed by atoms with E-state index in [0.717, 1.165) is 25.0 Å². The Labute approximate surface area is 148 Å². The topological polar surface area (TPSA) is 87.2 Å². The van der Waals surface area contributed by atoms with E-state index in [1.807, 2.05) is 19.1 Å². The Morgan fingerprint density at radius 1 is 1.40 bits per heavy atom. The molecular weight excluding hydrogens is 340 g/mol. The summed E-state index contributed by atoms with van der Waals surface area (Å²) in [5.74, 6) is 0.533. The van der Waals surface area contributed by atoms with Crippen molar-refractivity contribution in [3.63, 3.8) is 0 Å². The van der Waals surface area contributed by atoms with Crippen molar-refractivity contribution in [2.45, 2.75) is 43.3 Å². The van der Waals surface area contributed by atoms with Crippen LogP contribution in [0.1, 0.15) is 24.1 Å². The van der Waals surface area contributed by atoms with Crippen LogP contribution in [0.4, 0.5) is 0 Å².